The molecule has 1 amide bonds. The van der Waals surface area contributed by atoms with E-state index in [0.717, 1.165) is 12.8 Å². The lowest BCUT2D eigenvalue weighted by Crippen LogP contribution is -2.37. The van der Waals surface area contributed by atoms with Crippen molar-refractivity contribution in [2.45, 2.75) is 25.3 Å². The van der Waals surface area contributed by atoms with E-state index in [1.807, 2.05) is 0 Å². The smallest absolute Gasteiger partial charge is 0.270 e. The molecule has 1 atom stereocenters. The van der Waals surface area contributed by atoms with Crippen molar-refractivity contribution in [3.8, 4) is 0 Å². The van der Waals surface area contributed by atoms with E-state index >= 15 is 0 Å². The molecular weight excluding hydrogens is 248 g/mol. The molecule has 0 aromatic heterocycles. The summed E-state index contributed by atoms with van der Waals surface area (Å²) in [6.07, 6.45) is 2.63. The van der Waals surface area contributed by atoms with Crippen molar-refractivity contribution >= 4 is 11.6 Å². The minimum absolute atomic E-state index is 0.0242. The second-order valence-corrected chi connectivity index (χ2v) is 4.74. The van der Waals surface area contributed by atoms with Gasteiger partial charge in [-0.1, -0.05) is 6.07 Å². The Morgan fingerprint density at radius 3 is 2.84 bits per heavy atom. The van der Waals surface area contributed by atoms with E-state index in [-0.39, 0.29) is 29.8 Å². The largest absolute Gasteiger partial charge is 0.396 e. The van der Waals surface area contributed by atoms with Crippen LogP contribution in [0.3, 0.4) is 0 Å². The zero-order valence-corrected chi connectivity index (χ0v) is 10.4. The lowest BCUT2D eigenvalue weighted by Gasteiger charge is -2.17. The third kappa shape index (κ3) is 3.51. The molecule has 1 aliphatic carbocycles. The minimum Gasteiger partial charge on any atom is -0.396 e. The predicted octanol–water partition coefficient (Wildman–Crippen LogP) is 1.49. The predicted molar refractivity (Wildman–Crippen MR) is 68.8 cm³/mol. The van der Waals surface area contributed by atoms with Crippen LogP contribution in [-0.4, -0.2) is 28.6 Å². The molecule has 1 aromatic carbocycles. The number of hydrogen-bond donors (Lipinski definition) is 2. The molecule has 6 heteroatoms. The first-order chi connectivity index (χ1) is 9.11. The first-order valence-corrected chi connectivity index (χ1v) is 6.28. The van der Waals surface area contributed by atoms with Crippen LogP contribution in [0.4, 0.5) is 5.69 Å². The highest BCUT2D eigenvalue weighted by Crippen LogP contribution is 2.34. The molecule has 1 fully saturated rings. The van der Waals surface area contributed by atoms with Crippen LogP contribution < -0.4 is 5.32 Å². The van der Waals surface area contributed by atoms with E-state index in [2.05, 4.69) is 5.32 Å². The maximum Gasteiger partial charge on any atom is 0.270 e. The molecule has 1 aliphatic rings. The van der Waals surface area contributed by atoms with Gasteiger partial charge < -0.3 is 10.4 Å². The monoisotopic (exact) mass is 264 g/mol. The lowest BCUT2D eigenvalue weighted by molar-refractivity contribution is -0.384. The number of aliphatic hydroxyl groups excluding tert-OH is 1. The van der Waals surface area contributed by atoms with Gasteiger partial charge >= 0.3 is 0 Å². The minimum atomic E-state index is -0.525. The summed E-state index contributed by atoms with van der Waals surface area (Å²) in [5.74, 6) is 0.101. The van der Waals surface area contributed by atoms with Gasteiger partial charge in [0.25, 0.3) is 11.6 Å². The molecule has 1 saturated carbocycles. The van der Waals surface area contributed by atoms with Gasteiger partial charge in [0.2, 0.25) is 0 Å². The van der Waals surface area contributed by atoms with Crippen LogP contribution in [0.1, 0.15) is 29.6 Å². The Labute approximate surface area is 110 Å². The molecule has 102 valence electrons. The topological polar surface area (TPSA) is 92.5 Å². The molecule has 0 aliphatic heterocycles. The standard InChI is InChI=1S/C13H16N2O4/c16-7-6-12(9-4-5-9)14-13(17)10-2-1-3-11(8-10)15(18)19/h1-3,8-9,12,16H,4-7H2,(H,14,17). The van der Waals surface area contributed by atoms with E-state index in [1.165, 1.54) is 18.2 Å². The van der Waals surface area contributed by atoms with Crippen LogP contribution >= 0.6 is 0 Å². The van der Waals surface area contributed by atoms with Gasteiger partial charge in [-0.05, 0) is 31.2 Å². The Balaban J connectivity index is 2.06. The molecule has 6 nitrogen and oxygen atoms in total. The van der Waals surface area contributed by atoms with Gasteiger partial charge in [-0.2, -0.15) is 0 Å². The van der Waals surface area contributed by atoms with Gasteiger partial charge in [0.1, 0.15) is 0 Å². The van der Waals surface area contributed by atoms with E-state index in [4.69, 9.17) is 5.11 Å². The lowest BCUT2D eigenvalue weighted by atomic mass is 10.1. The van der Waals surface area contributed by atoms with Crippen molar-refractivity contribution in [1.29, 1.82) is 0 Å². The first kappa shape index (κ1) is 13.5. The zero-order valence-electron chi connectivity index (χ0n) is 10.4. The third-order valence-electron chi connectivity index (χ3n) is 3.27. The number of carbonyl (C=O) groups is 1. The molecular formula is C13H16N2O4. The summed E-state index contributed by atoms with van der Waals surface area (Å²) in [7, 11) is 0. The summed E-state index contributed by atoms with van der Waals surface area (Å²) in [6.45, 7) is 0.0242. The summed E-state index contributed by atoms with van der Waals surface area (Å²) in [4.78, 5) is 22.2. The number of nitrogens with zero attached hydrogens (tertiary/aromatic N) is 1. The van der Waals surface area contributed by atoms with Crippen LogP contribution in [0, 0.1) is 16.0 Å². The fourth-order valence-corrected chi connectivity index (χ4v) is 2.08. The van der Waals surface area contributed by atoms with E-state index in [9.17, 15) is 14.9 Å². The second kappa shape index (κ2) is 5.79. The van der Waals surface area contributed by atoms with Crippen molar-refractivity contribution in [3.63, 3.8) is 0 Å². The molecule has 1 unspecified atom stereocenters. The fraction of sp³-hybridized carbons (Fsp3) is 0.462. The highest BCUT2D eigenvalue weighted by atomic mass is 16.6. The molecule has 0 heterocycles. The Kier molecular flexibility index (Phi) is 4.11. The Hall–Kier alpha value is -1.95. The number of rotatable bonds is 6. The number of nitro groups is 1. The van der Waals surface area contributed by atoms with Crippen LogP contribution in [0.15, 0.2) is 24.3 Å². The molecule has 2 N–H and O–H groups in total. The summed E-state index contributed by atoms with van der Waals surface area (Å²) in [5, 5.41) is 22.5. The highest BCUT2D eigenvalue weighted by molar-refractivity contribution is 5.95. The summed E-state index contributed by atoms with van der Waals surface area (Å²) in [6, 6.07) is 5.61. The van der Waals surface area contributed by atoms with Crippen molar-refractivity contribution in [3.05, 3.63) is 39.9 Å². The molecule has 0 radical (unpaired) electrons. The summed E-state index contributed by atoms with van der Waals surface area (Å²) >= 11 is 0. The molecule has 0 bridgehead atoms. The maximum atomic E-state index is 12.0. The second-order valence-electron chi connectivity index (χ2n) is 4.74. The van der Waals surface area contributed by atoms with Crippen molar-refractivity contribution < 1.29 is 14.8 Å². The number of nitro benzene ring substituents is 1. The van der Waals surface area contributed by atoms with Crippen LogP contribution in [0.25, 0.3) is 0 Å². The first-order valence-electron chi connectivity index (χ1n) is 6.28. The highest BCUT2D eigenvalue weighted by Gasteiger charge is 2.32. The molecule has 0 spiro atoms. The quantitative estimate of drug-likeness (QED) is 0.601. The number of hydrogen-bond acceptors (Lipinski definition) is 4. The van der Waals surface area contributed by atoms with Crippen LogP contribution in [0.5, 0.6) is 0 Å². The van der Waals surface area contributed by atoms with E-state index < -0.39 is 4.92 Å². The number of non-ortho nitro benzene ring substituents is 1. The van der Waals surface area contributed by atoms with Gasteiger partial charge in [0.05, 0.1) is 4.92 Å². The zero-order chi connectivity index (χ0) is 13.8. The molecule has 1 aromatic rings. The van der Waals surface area contributed by atoms with Crippen LogP contribution in [-0.2, 0) is 0 Å². The van der Waals surface area contributed by atoms with Crippen molar-refractivity contribution in [2.75, 3.05) is 6.61 Å². The molecule has 0 saturated heterocycles. The molecule has 19 heavy (non-hydrogen) atoms. The number of carbonyl (C=O) groups excluding carboxylic acids is 1. The summed E-state index contributed by atoms with van der Waals surface area (Å²) in [5.41, 5.74) is 0.176. The Morgan fingerprint density at radius 1 is 1.53 bits per heavy atom. The number of benzene rings is 1. The van der Waals surface area contributed by atoms with Gasteiger partial charge in [0.15, 0.2) is 0 Å². The number of amides is 1. The van der Waals surface area contributed by atoms with Crippen LogP contribution in [0.2, 0.25) is 0 Å². The van der Waals surface area contributed by atoms with Crippen molar-refractivity contribution in [2.24, 2.45) is 5.92 Å². The maximum absolute atomic E-state index is 12.0. The third-order valence-corrected chi connectivity index (χ3v) is 3.27. The van der Waals surface area contributed by atoms with Gasteiger partial charge in [-0.25, -0.2) is 0 Å². The number of aliphatic hydroxyl groups is 1. The average molecular weight is 264 g/mol. The SMILES string of the molecule is O=C(NC(CCO)C1CC1)c1cccc([N+](=O)[O-])c1. The normalized spacial score (nSPS) is 15.8. The number of nitrogens with one attached hydrogen (secondary N) is 1. The van der Waals surface area contributed by atoms with Crippen molar-refractivity contribution in [1.82, 2.24) is 5.32 Å². The Morgan fingerprint density at radius 2 is 2.26 bits per heavy atom. The Bertz CT molecular complexity index is 485. The molecule has 2 rings (SSSR count). The van der Waals surface area contributed by atoms with Gasteiger partial charge in [-0.3, -0.25) is 14.9 Å². The fourth-order valence-electron chi connectivity index (χ4n) is 2.08. The average Bonchev–Trinajstić information content (AvgIpc) is 3.22. The van der Waals surface area contributed by atoms with Gasteiger partial charge in [0, 0.05) is 30.3 Å². The summed E-state index contributed by atoms with van der Waals surface area (Å²) < 4.78 is 0. The van der Waals surface area contributed by atoms with E-state index in [1.54, 1.807) is 6.07 Å². The van der Waals surface area contributed by atoms with Gasteiger partial charge in [-0.15, -0.1) is 0 Å². The van der Waals surface area contributed by atoms with E-state index in [0.29, 0.717) is 12.3 Å².